The molecule has 0 saturated carbocycles. The highest BCUT2D eigenvalue weighted by Gasteiger charge is 2.11. The highest BCUT2D eigenvalue weighted by atomic mass is 79.9. The first-order valence-corrected chi connectivity index (χ1v) is 10.8. The summed E-state index contributed by atoms with van der Waals surface area (Å²) in [6.45, 7) is 0. The van der Waals surface area contributed by atoms with Gasteiger partial charge in [0.1, 0.15) is 0 Å². The molecule has 0 radical (unpaired) electrons. The second kappa shape index (κ2) is 6.69. The average molecular weight is 416 g/mol. The van der Waals surface area contributed by atoms with Gasteiger partial charge in [-0.1, -0.05) is 58.4 Å². The molecule has 0 atom stereocenters. The lowest BCUT2D eigenvalue weighted by Crippen LogP contribution is -1.96. The van der Waals surface area contributed by atoms with E-state index in [1.807, 2.05) is 0 Å². The number of halogens is 1. The second-order valence-corrected chi connectivity index (χ2v) is 8.21. The van der Waals surface area contributed by atoms with E-state index in [4.69, 9.17) is 0 Å². The fourth-order valence-electron chi connectivity index (χ4n) is 4.34. The van der Waals surface area contributed by atoms with Crippen LogP contribution in [0.4, 0.5) is 0 Å². The third-order valence-corrected chi connectivity index (χ3v) is 6.38. The zero-order valence-corrected chi connectivity index (χ0v) is 17.1. The molecule has 2 heteroatoms. The molecule has 0 aliphatic heterocycles. The van der Waals surface area contributed by atoms with Gasteiger partial charge in [-0.3, -0.25) is 0 Å². The van der Waals surface area contributed by atoms with E-state index >= 15 is 0 Å². The predicted octanol–water partition coefficient (Wildman–Crippen LogP) is 7.36. The van der Waals surface area contributed by atoms with Crippen molar-refractivity contribution < 1.29 is 0 Å². The molecule has 1 nitrogen and oxygen atoms in total. The number of aromatic nitrogens is 1. The van der Waals surface area contributed by atoms with Gasteiger partial charge < -0.3 is 4.57 Å². The molecular weight excluding hydrogens is 394 g/mol. The molecule has 0 spiro atoms. The van der Waals surface area contributed by atoms with Gasteiger partial charge in [0, 0.05) is 29.0 Å². The number of unbranched alkanes of at least 4 members (excludes halogenated alkanes) is 1. The highest BCUT2D eigenvalue weighted by Crippen LogP contribution is 2.34. The standard InChI is InChI=1S/C25H22BrN/c1-27-20(8-4-5-13-26)16-24-22-10-9-19-14-17-6-2-3-7-18(17)15-23(19)21(22)11-12-25(24)27/h2-3,6-7,9-12,14-16H,4-5,8,13H2,1H3. The molecule has 0 unspecified atom stereocenters. The number of fused-ring (bicyclic) bond motifs is 6. The molecule has 27 heavy (non-hydrogen) atoms. The van der Waals surface area contributed by atoms with E-state index < -0.39 is 0 Å². The minimum Gasteiger partial charge on any atom is -0.348 e. The Balaban J connectivity index is 1.76. The molecule has 0 saturated heterocycles. The lowest BCUT2D eigenvalue weighted by molar-refractivity contribution is 0.749. The van der Waals surface area contributed by atoms with Crippen LogP contribution < -0.4 is 0 Å². The van der Waals surface area contributed by atoms with E-state index in [0.717, 1.165) is 11.8 Å². The zero-order valence-electron chi connectivity index (χ0n) is 15.5. The van der Waals surface area contributed by atoms with E-state index in [1.54, 1.807) is 0 Å². The Morgan fingerprint density at radius 1 is 0.704 bits per heavy atom. The smallest absolute Gasteiger partial charge is 0.0486 e. The van der Waals surface area contributed by atoms with Crippen LogP contribution in [0.2, 0.25) is 0 Å². The summed E-state index contributed by atoms with van der Waals surface area (Å²) in [5.41, 5.74) is 2.76. The lowest BCUT2D eigenvalue weighted by Gasteiger charge is -2.08. The summed E-state index contributed by atoms with van der Waals surface area (Å²) in [5, 5.41) is 10.4. The Kier molecular flexibility index (Phi) is 4.17. The third-order valence-electron chi connectivity index (χ3n) is 5.82. The van der Waals surface area contributed by atoms with Gasteiger partial charge in [-0.2, -0.15) is 0 Å². The Hall–Kier alpha value is -2.32. The summed E-state index contributed by atoms with van der Waals surface area (Å²) in [6, 6.07) is 24.9. The fraction of sp³-hybridized carbons (Fsp3) is 0.200. The first-order chi connectivity index (χ1) is 13.3. The van der Waals surface area contributed by atoms with Crippen molar-refractivity contribution in [1.82, 2.24) is 4.57 Å². The molecule has 0 aliphatic carbocycles. The van der Waals surface area contributed by atoms with Crippen LogP contribution in [0.15, 0.2) is 66.7 Å². The van der Waals surface area contributed by atoms with Crippen LogP contribution in [0.5, 0.6) is 0 Å². The maximum absolute atomic E-state index is 3.54. The van der Waals surface area contributed by atoms with Crippen molar-refractivity contribution in [2.75, 3.05) is 5.33 Å². The highest BCUT2D eigenvalue weighted by molar-refractivity contribution is 9.09. The van der Waals surface area contributed by atoms with Crippen LogP contribution in [0, 0.1) is 0 Å². The van der Waals surface area contributed by atoms with Crippen molar-refractivity contribution >= 4 is 59.2 Å². The SMILES string of the molecule is Cn1c(CCCCBr)cc2c3ccc4cc5ccccc5cc4c3ccc21. The van der Waals surface area contributed by atoms with Gasteiger partial charge in [0.2, 0.25) is 0 Å². The van der Waals surface area contributed by atoms with Crippen LogP contribution in [-0.2, 0) is 13.5 Å². The van der Waals surface area contributed by atoms with Crippen molar-refractivity contribution in [3.8, 4) is 0 Å². The van der Waals surface area contributed by atoms with Gasteiger partial charge in [0.05, 0.1) is 0 Å². The van der Waals surface area contributed by atoms with Crippen LogP contribution in [0.1, 0.15) is 18.5 Å². The Labute approximate surface area is 167 Å². The molecule has 0 fully saturated rings. The lowest BCUT2D eigenvalue weighted by atomic mass is 9.97. The summed E-state index contributed by atoms with van der Waals surface area (Å²) < 4.78 is 2.37. The summed E-state index contributed by atoms with van der Waals surface area (Å²) in [7, 11) is 2.20. The molecule has 5 rings (SSSR count). The molecule has 134 valence electrons. The molecule has 0 bridgehead atoms. The molecule has 0 amide bonds. The largest absolute Gasteiger partial charge is 0.348 e. The first-order valence-electron chi connectivity index (χ1n) is 9.65. The number of hydrogen-bond acceptors (Lipinski definition) is 0. The summed E-state index contributed by atoms with van der Waals surface area (Å²) >= 11 is 3.54. The summed E-state index contributed by atoms with van der Waals surface area (Å²) in [5.74, 6) is 0. The van der Waals surface area contributed by atoms with Crippen LogP contribution >= 0.6 is 15.9 Å². The van der Waals surface area contributed by atoms with Gasteiger partial charge in [-0.15, -0.1) is 0 Å². The summed E-state index contributed by atoms with van der Waals surface area (Å²) in [4.78, 5) is 0. The van der Waals surface area contributed by atoms with Crippen LogP contribution in [-0.4, -0.2) is 9.90 Å². The Morgan fingerprint density at radius 3 is 2.26 bits per heavy atom. The Morgan fingerprint density at radius 2 is 1.44 bits per heavy atom. The third kappa shape index (κ3) is 2.74. The maximum atomic E-state index is 3.54. The number of benzene rings is 4. The van der Waals surface area contributed by atoms with Gasteiger partial charge in [-0.05, 0) is 75.8 Å². The van der Waals surface area contributed by atoms with Crippen LogP contribution in [0.3, 0.4) is 0 Å². The Bertz CT molecular complexity index is 1300. The number of nitrogens with zero attached hydrogens (tertiary/aromatic N) is 1. The number of hydrogen-bond donors (Lipinski definition) is 0. The molecule has 1 aromatic heterocycles. The minimum atomic E-state index is 1.08. The molecule has 0 N–H and O–H groups in total. The fourth-order valence-corrected chi connectivity index (χ4v) is 4.74. The normalized spacial score (nSPS) is 11.9. The molecule has 0 aliphatic rings. The average Bonchev–Trinajstić information content (AvgIpc) is 3.02. The molecule has 4 aromatic carbocycles. The van der Waals surface area contributed by atoms with E-state index in [2.05, 4.69) is 94.3 Å². The second-order valence-electron chi connectivity index (χ2n) is 7.42. The monoisotopic (exact) mass is 415 g/mol. The van der Waals surface area contributed by atoms with Crippen molar-refractivity contribution in [1.29, 1.82) is 0 Å². The van der Waals surface area contributed by atoms with Gasteiger partial charge in [0.25, 0.3) is 0 Å². The van der Waals surface area contributed by atoms with Crippen molar-refractivity contribution in [3.05, 3.63) is 72.4 Å². The number of aryl methyl sites for hydroxylation is 2. The van der Waals surface area contributed by atoms with Crippen LogP contribution in [0.25, 0.3) is 43.2 Å². The first kappa shape index (κ1) is 16.8. The van der Waals surface area contributed by atoms with E-state index in [9.17, 15) is 0 Å². The topological polar surface area (TPSA) is 4.93 Å². The number of alkyl halides is 1. The van der Waals surface area contributed by atoms with Gasteiger partial charge in [-0.25, -0.2) is 0 Å². The quantitative estimate of drug-likeness (QED) is 0.125. The van der Waals surface area contributed by atoms with Crippen molar-refractivity contribution in [3.63, 3.8) is 0 Å². The molecular formula is C25H22BrN. The van der Waals surface area contributed by atoms with E-state index in [0.29, 0.717) is 0 Å². The molecule has 1 heterocycles. The predicted molar refractivity (Wildman–Crippen MR) is 122 cm³/mol. The minimum absolute atomic E-state index is 1.08. The maximum Gasteiger partial charge on any atom is 0.0486 e. The zero-order chi connectivity index (χ0) is 18.4. The summed E-state index contributed by atoms with van der Waals surface area (Å²) in [6.07, 6.45) is 3.58. The van der Waals surface area contributed by atoms with Crippen molar-refractivity contribution in [2.45, 2.75) is 19.3 Å². The van der Waals surface area contributed by atoms with Gasteiger partial charge >= 0.3 is 0 Å². The number of rotatable bonds is 4. The van der Waals surface area contributed by atoms with E-state index in [1.165, 1.54) is 61.8 Å². The molecule has 5 aromatic rings. The van der Waals surface area contributed by atoms with Gasteiger partial charge in [0.15, 0.2) is 0 Å². The van der Waals surface area contributed by atoms with Crippen molar-refractivity contribution in [2.24, 2.45) is 7.05 Å². The van der Waals surface area contributed by atoms with E-state index in [-0.39, 0.29) is 0 Å².